The molecule has 3 aromatic carbocycles. The normalized spacial score (nSPS) is 12.1. The number of para-hydroxylation sites is 1. The van der Waals surface area contributed by atoms with Gasteiger partial charge in [0, 0.05) is 27.9 Å². The van der Waals surface area contributed by atoms with Crippen molar-refractivity contribution in [1.82, 2.24) is 24.4 Å². The van der Waals surface area contributed by atoms with Crippen LogP contribution in [0.25, 0.3) is 39.4 Å². The molecule has 6 rings (SSSR count). The molecule has 0 atom stereocenters. The Kier molecular flexibility index (Phi) is 7.86. The van der Waals surface area contributed by atoms with Crippen LogP contribution >= 0.6 is 34.5 Å². The first-order valence-corrected chi connectivity index (χ1v) is 15.1. The van der Waals surface area contributed by atoms with E-state index < -0.39 is 0 Å². The summed E-state index contributed by atoms with van der Waals surface area (Å²) in [7, 11) is 0. The van der Waals surface area contributed by atoms with Crippen LogP contribution in [0.15, 0.2) is 77.7 Å². The highest BCUT2D eigenvalue weighted by atomic mass is 35.5. The molecule has 3 aromatic heterocycles. The molecule has 7 nitrogen and oxygen atoms in total. The number of nitrogens with zero attached hydrogens (tertiary/aromatic N) is 5. The zero-order valence-electron chi connectivity index (χ0n) is 23.2. The van der Waals surface area contributed by atoms with Gasteiger partial charge in [-0.25, -0.2) is 4.68 Å². The van der Waals surface area contributed by atoms with Crippen LogP contribution in [0.1, 0.15) is 31.4 Å². The minimum atomic E-state index is -0.262. The first-order valence-electron chi connectivity index (χ1n) is 13.5. The maximum atomic E-state index is 13.4. The first kappa shape index (κ1) is 28.2. The van der Waals surface area contributed by atoms with Crippen LogP contribution in [0.5, 0.6) is 5.75 Å². The third-order valence-electron chi connectivity index (χ3n) is 6.80. The summed E-state index contributed by atoms with van der Waals surface area (Å²) in [6.07, 6.45) is 4.77. The van der Waals surface area contributed by atoms with E-state index in [1.165, 1.54) is 15.9 Å². The van der Waals surface area contributed by atoms with Gasteiger partial charge >= 0.3 is 0 Å². The number of halogens is 2. The highest BCUT2D eigenvalue weighted by molar-refractivity contribution is 7.15. The third-order valence-corrected chi connectivity index (χ3v) is 8.31. The van der Waals surface area contributed by atoms with Gasteiger partial charge in [-0.05, 0) is 79.4 Å². The average molecular weight is 617 g/mol. The van der Waals surface area contributed by atoms with E-state index in [0.717, 1.165) is 40.2 Å². The van der Waals surface area contributed by atoms with Crippen molar-refractivity contribution in [3.05, 3.63) is 109 Å². The van der Waals surface area contributed by atoms with Gasteiger partial charge in [-0.15, -0.1) is 5.10 Å². The van der Waals surface area contributed by atoms with Crippen molar-refractivity contribution in [2.75, 3.05) is 6.61 Å². The molecule has 0 unspecified atom stereocenters. The largest absolute Gasteiger partial charge is 0.493 e. The van der Waals surface area contributed by atoms with Crippen LogP contribution in [0.2, 0.25) is 10.0 Å². The number of rotatable bonds is 8. The molecule has 6 aromatic rings. The summed E-state index contributed by atoms with van der Waals surface area (Å²) in [4.78, 5) is 18.5. The molecule has 0 amide bonds. The number of ether oxygens (including phenoxy) is 1. The molecule has 0 aliphatic heterocycles. The van der Waals surface area contributed by atoms with Crippen molar-refractivity contribution in [3.63, 3.8) is 0 Å². The monoisotopic (exact) mass is 615 g/mol. The molecule has 3 heterocycles. The Morgan fingerprint density at radius 2 is 1.83 bits per heavy atom. The van der Waals surface area contributed by atoms with Crippen molar-refractivity contribution in [2.45, 2.75) is 27.2 Å². The fraction of sp³-hybridized carbons (Fsp3) is 0.188. The van der Waals surface area contributed by atoms with Crippen LogP contribution < -0.4 is 14.8 Å². The highest BCUT2D eigenvalue weighted by Gasteiger charge is 2.17. The van der Waals surface area contributed by atoms with Gasteiger partial charge in [-0.2, -0.15) is 14.6 Å². The van der Waals surface area contributed by atoms with E-state index in [1.807, 2.05) is 66.3 Å². The van der Waals surface area contributed by atoms with Gasteiger partial charge in [0.1, 0.15) is 11.4 Å². The smallest absolute Gasteiger partial charge is 0.291 e. The Labute approximate surface area is 256 Å². The molecule has 42 heavy (non-hydrogen) atoms. The van der Waals surface area contributed by atoms with Crippen molar-refractivity contribution in [1.29, 1.82) is 0 Å². The Hall–Kier alpha value is -3.98. The Balaban J connectivity index is 1.41. The first-order chi connectivity index (χ1) is 20.3. The summed E-state index contributed by atoms with van der Waals surface area (Å²) in [6.45, 7) is 7.07. The van der Waals surface area contributed by atoms with Crippen LogP contribution in [0, 0.1) is 12.8 Å². The number of aryl methyl sites for hydroxylation is 1. The fourth-order valence-electron chi connectivity index (χ4n) is 4.55. The van der Waals surface area contributed by atoms with E-state index in [4.69, 9.17) is 33.0 Å². The molecule has 0 spiro atoms. The molecular weight excluding hydrogens is 589 g/mol. The number of hydrogen-bond donors (Lipinski definition) is 0. The molecule has 0 aliphatic rings. The average Bonchev–Trinajstić information content (AvgIpc) is 3.65. The van der Waals surface area contributed by atoms with Crippen LogP contribution in [-0.2, 0) is 0 Å². The SMILES string of the molecule is Cc1cc(-c2nn(-c3ccccc3)cc2/C=c2\sc3nc(-c4ccc(Cl)cc4Cl)nn3c2=O)ccc1OCCC(C)C. The maximum Gasteiger partial charge on any atom is 0.291 e. The Morgan fingerprint density at radius 1 is 1.02 bits per heavy atom. The molecular formula is C32H27Cl2N5O2S. The maximum absolute atomic E-state index is 13.4. The number of fused-ring (bicyclic) bond motifs is 1. The van der Waals surface area contributed by atoms with Crippen LogP contribution in [-0.4, -0.2) is 31.0 Å². The standard InChI is InChI=1S/C32H27Cl2N5O2S/c1-19(2)13-14-41-27-12-9-21(15-20(27)3)29-22(18-38(36-29)24-7-5-4-6-8-24)16-28-31(40)39-32(42-28)35-30(37-39)25-11-10-23(33)17-26(25)34/h4-12,15-19H,13-14H2,1-3H3/b28-16-. The van der Waals surface area contributed by atoms with Crippen LogP contribution in [0.4, 0.5) is 0 Å². The van der Waals surface area contributed by atoms with Crippen molar-refractivity contribution in [3.8, 4) is 34.1 Å². The third kappa shape index (κ3) is 5.70. The lowest BCUT2D eigenvalue weighted by atomic mass is 10.0. The summed E-state index contributed by atoms with van der Waals surface area (Å²) in [5.74, 6) is 1.80. The van der Waals surface area contributed by atoms with Crippen LogP contribution in [0.3, 0.4) is 0 Å². The quantitative estimate of drug-likeness (QED) is 0.180. The summed E-state index contributed by atoms with van der Waals surface area (Å²) in [5, 5.41) is 10.3. The second kappa shape index (κ2) is 11.7. The van der Waals surface area contributed by atoms with Crippen molar-refractivity contribution >= 4 is 45.6 Å². The number of thiazole rings is 1. The number of benzene rings is 3. The molecule has 0 fully saturated rings. The Bertz CT molecular complexity index is 2010. The van der Waals surface area contributed by atoms with E-state index in [9.17, 15) is 4.79 Å². The summed E-state index contributed by atoms with van der Waals surface area (Å²) in [5.41, 5.74) is 4.77. The molecule has 0 saturated carbocycles. The molecule has 0 aliphatic carbocycles. The predicted octanol–water partition coefficient (Wildman–Crippen LogP) is 7.26. The molecule has 212 valence electrons. The van der Waals surface area contributed by atoms with Gasteiger partial charge in [0.15, 0.2) is 5.82 Å². The minimum Gasteiger partial charge on any atom is -0.493 e. The van der Waals surface area contributed by atoms with E-state index in [1.54, 1.807) is 18.2 Å². The van der Waals surface area contributed by atoms with E-state index in [-0.39, 0.29) is 5.56 Å². The lowest BCUT2D eigenvalue weighted by Gasteiger charge is -2.11. The fourth-order valence-corrected chi connectivity index (χ4v) is 5.95. The summed E-state index contributed by atoms with van der Waals surface area (Å²) in [6, 6.07) is 21.0. The molecule has 0 saturated heterocycles. The number of aromatic nitrogens is 5. The van der Waals surface area contributed by atoms with Gasteiger partial charge in [-0.1, -0.05) is 66.6 Å². The topological polar surface area (TPSA) is 74.3 Å². The lowest BCUT2D eigenvalue weighted by molar-refractivity contribution is 0.288. The lowest BCUT2D eigenvalue weighted by Crippen LogP contribution is -2.23. The molecule has 0 bridgehead atoms. The zero-order chi connectivity index (χ0) is 29.4. The van der Waals surface area contributed by atoms with E-state index in [2.05, 4.69) is 30.0 Å². The highest BCUT2D eigenvalue weighted by Crippen LogP contribution is 2.30. The second-order valence-electron chi connectivity index (χ2n) is 10.4. The van der Waals surface area contributed by atoms with E-state index in [0.29, 0.717) is 43.5 Å². The molecule has 0 radical (unpaired) electrons. The van der Waals surface area contributed by atoms with Crippen molar-refractivity contribution < 1.29 is 4.74 Å². The zero-order valence-corrected chi connectivity index (χ0v) is 25.5. The van der Waals surface area contributed by atoms with Gasteiger partial charge in [0.25, 0.3) is 5.56 Å². The minimum absolute atomic E-state index is 0.262. The van der Waals surface area contributed by atoms with Gasteiger partial charge < -0.3 is 4.74 Å². The van der Waals surface area contributed by atoms with E-state index >= 15 is 0 Å². The van der Waals surface area contributed by atoms with Gasteiger partial charge in [-0.3, -0.25) is 4.79 Å². The van der Waals surface area contributed by atoms with Crippen molar-refractivity contribution in [2.24, 2.45) is 5.92 Å². The summed E-state index contributed by atoms with van der Waals surface area (Å²) < 4.78 is 9.66. The van der Waals surface area contributed by atoms with Gasteiger partial charge in [0.05, 0.1) is 21.8 Å². The van der Waals surface area contributed by atoms with Gasteiger partial charge in [0.2, 0.25) is 4.96 Å². The number of hydrogen-bond acceptors (Lipinski definition) is 6. The Morgan fingerprint density at radius 3 is 2.55 bits per heavy atom. The molecule has 10 heteroatoms. The second-order valence-corrected chi connectivity index (χ2v) is 12.2. The molecule has 0 N–H and O–H groups in total. The predicted molar refractivity (Wildman–Crippen MR) is 170 cm³/mol. The summed E-state index contributed by atoms with van der Waals surface area (Å²) >= 11 is 13.7.